The predicted molar refractivity (Wildman–Crippen MR) is 114 cm³/mol. The first-order chi connectivity index (χ1) is 14.3. The summed E-state index contributed by atoms with van der Waals surface area (Å²) >= 11 is 1.67. The Morgan fingerprint density at radius 1 is 1.14 bits per heavy atom. The fourth-order valence-corrected chi connectivity index (χ4v) is 3.67. The van der Waals surface area contributed by atoms with Crippen molar-refractivity contribution in [2.75, 3.05) is 19.4 Å². The Hall–Kier alpha value is -3.10. The van der Waals surface area contributed by atoms with Crippen molar-refractivity contribution in [1.29, 1.82) is 0 Å². The minimum atomic E-state index is 0.721. The molecule has 29 heavy (non-hydrogen) atoms. The van der Waals surface area contributed by atoms with Crippen molar-refractivity contribution in [1.82, 2.24) is 30.5 Å². The van der Waals surface area contributed by atoms with Gasteiger partial charge in [-0.15, -0.1) is 16.9 Å². The Bertz CT molecular complexity index is 1030. The van der Waals surface area contributed by atoms with E-state index in [1.807, 2.05) is 53.2 Å². The molecule has 2 heterocycles. The van der Waals surface area contributed by atoms with Crippen LogP contribution in [0.4, 0.5) is 0 Å². The molecule has 0 unspecified atom stereocenters. The Morgan fingerprint density at radius 3 is 2.83 bits per heavy atom. The molecule has 8 heteroatoms. The number of ether oxygens (including phenoxy) is 1. The smallest absolute Gasteiger partial charge is 0.138 e. The number of hydrogen-bond donors (Lipinski definition) is 2. The molecular weight excluding hydrogens is 384 g/mol. The molecule has 0 saturated carbocycles. The molecule has 4 rings (SSSR count). The maximum atomic E-state index is 5.39. The van der Waals surface area contributed by atoms with E-state index in [1.54, 1.807) is 25.1 Å². The van der Waals surface area contributed by atoms with Gasteiger partial charge in [0.1, 0.15) is 10.8 Å². The van der Waals surface area contributed by atoms with Crippen LogP contribution in [0.3, 0.4) is 0 Å². The van der Waals surface area contributed by atoms with Crippen LogP contribution in [0.1, 0.15) is 5.56 Å². The fraction of sp³-hybridized carbons (Fsp3) is 0.190. The van der Waals surface area contributed by atoms with Crippen molar-refractivity contribution in [3.63, 3.8) is 0 Å². The molecule has 2 N–H and O–H groups in total. The molecule has 2 aromatic carbocycles. The number of hydrogen-bond acceptors (Lipinski definition) is 6. The van der Waals surface area contributed by atoms with E-state index in [9.17, 15) is 0 Å². The van der Waals surface area contributed by atoms with Crippen molar-refractivity contribution in [3.8, 4) is 22.7 Å². The minimum Gasteiger partial charge on any atom is -0.497 e. The molecule has 0 amide bonds. The molecule has 0 spiro atoms. The van der Waals surface area contributed by atoms with E-state index in [-0.39, 0.29) is 0 Å². The normalized spacial score (nSPS) is 10.9. The number of nitrogens with one attached hydrogen (secondary N) is 2. The summed E-state index contributed by atoms with van der Waals surface area (Å²) in [5.41, 5.74) is 4.15. The van der Waals surface area contributed by atoms with Gasteiger partial charge in [0.25, 0.3) is 0 Å². The summed E-state index contributed by atoms with van der Waals surface area (Å²) in [5.74, 6) is 1.73. The first kappa shape index (κ1) is 19.2. The van der Waals surface area contributed by atoms with E-state index in [2.05, 4.69) is 33.0 Å². The lowest BCUT2D eigenvalue weighted by Crippen LogP contribution is -2.16. The summed E-state index contributed by atoms with van der Waals surface area (Å²) in [6.45, 7) is 1.57. The molecule has 7 nitrogen and oxygen atoms in total. The van der Waals surface area contributed by atoms with Crippen LogP contribution in [-0.2, 0) is 6.54 Å². The third kappa shape index (κ3) is 4.85. The zero-order valence-corrected chi connectivity index (χ0v) is 16.9. The predicted octanol–water partition coefficient (Wildman–Crippen LogP) is 3.55. The summed E-state index contributed by atoms with van der Waals surface area (Å²) in [7, 11) is 1.68. The molecule has 148 valence electrons. The van der Waals surface area contributed by atoms with Gasteiger partial charge >= 0.3 is 0 Å². The second-order valence-corrected chi connectivity index (χ2v) is 7.46. The molecular formula is C21H22N6OS. The Kier molecular flexibility index (Phi) is 6.23. The number of aromatic amines is 1. The summed E-state index contributed by atoms with van der Waals surface area (Å²) in [5, 5.41) is 19.8. The molecule has 0 fully saturated rings. The number of benzene rings is 2. The maximum Gasteiger partial charge on any atom is 0.138 e. The number of para-hydroxylation sites is 1. The van der Waals surface area contributed by atoms with Crippen molar-refractivity contribution < 1.29 is 4.74 Å². The van der Waals surface area contributed by atoms with Crippen molar-refractivity contribution in [2.45, 2.75) is 11.6 Å². The second-order valence-electron chi connectivity index (χ2n) is 6.35. The van der Waals surface area contributed by atoms with E-state index in [1.165, 1.54) is 0 Å². The van der Waals surface area contributed by atoms with Crippen LogP contribution < -0.4 is 10.1 Å². The van der Waals surface area contributed by atoms with Crippen LogP contribution in [0.25, 0.3) is 16.9 Å². The van der Waals surface area contributed by atoms with E-state index in [0.29, 0.717) is 0 Å². The first-order valence-electron chi connectivity index (χ1n) is 9.31. The topological polar surface area (TPSA) is 80.6 Å². The van der Waals surface area contributed by atoms with E-state index >= 15 is 0 Å². The number of aromatic nitrogens is 5. The maximum absolute atomic E-state index is 5.39. The number of H-pyrrole nitrogens is 1. The van der Waals surface area contributed by atoms with Gasteiger partial charge in [0.2, 0.25) is 0 Å². The van der Waals surface area contributed by atoms with Crippen LogP contribution in [0, 0.1) is 0 Å². The van der Waals surface area contributed by atoms with E-state index in [0.717, 1.165) is 52.1 Å². The van der Waals surface area contributed by atoms with Crippen molar-refractivity contribution in [2.24, 2.45) is 0 Å². The highest BCUT2D eigenvalue weighted by Crippen LogP contribution is 2.27. The van der Waals surface area contributed by atoms with Gasteiger partial charge in [0.15, 0.2) is 0 Å². The SMILES string of the molecule is COc1cccc(-c2nn(-c3ccccc3)cc2CNCCSc2cn[nH]n2)c1. The summed E-state index contributed by atoms with van der Waals surface area (Å²) in [6.07, 6.45) is 3.82. The molecule has 0 aliphatic heterocycles. The Labute approximate surface area is 173 Å². The lowest BCUT2D eigenvalue weighted by molar-refractivity contribution is 0.415. The molecule has 0 aliphatic carbocycles. The highest BCUT2D eigenvalue weighted by Gasteiger charge is 2.13. The standard InChI is InChI=1S/C21H22N6OS/c1-28-19-9-5-6-16(12-19)21-17(13-22-10-11-29-20-14-23-26-24-20)15-27(25-21)18-7-3-2-4-8-18/h2-9,12,14-15,22H,10-11,13H2,1H3,(H,23,24,26). The van der Waals surface area contributed by atoms with Crippen LogP contribution in [0.5, 0.6) is 5.75 Å². The van der Waals surface area contributed by atoms with E-state index in [4.69, 9.17) is 9.84 Å². The Balaban J connectivity index is 1.51. The largest absolute Gasteiger partial charge is 0.497 e. The quantitative estimate of drug-likeness (QED) is 0.327. The zero-order chi connectivity index (χ0) is 19.9. The van der Waals surface area contributed by atoms with Gasteiger partial charge in [-0.1, -0.05) is 30.3 Å². The van der Waals surface area contributed by atoms with Crippen molar-refractivity contribution >= 4 is 11.8 Å². The average molecular weight is 407 g/mol. The van der Waals surface area contributed by atoms with Gasteiger partial charge in [-0.25, -0.2) is 4.68 Å². The summed E-state index contributed by atoms with van der Waals surface area (Å²) < 4.78 is 7.32. The van der Waals surface area contributed by atoms with Crippen LogP contribution >= 0.6 is 11.8 Å². The van der Waals surface area contributed by atoms with Gasteiger partial charge in [-0.05, 0) is 24.3 Å². The minimum absolute atomic E-state index is 0.721. The number of rotatable bonds is 9. The highest BCUT2D eigenvalue weighted by atomic mass is 32.2. The van der Waals surface area contributed by atoms with Gasteiger partial charge in [-0.3, -0.25) is 0 Å². The van der Waals surface area contributed by atoms with Gasteiger partial charge in [-0.2, -0.15) is 15.4 Å². The van der Waals surface area contributed by atoms with E-state index < -0.39 is 0 Å². The summed E-state index contributed by atoms with van der Waals surface area (Å²) in [4.78, 5) is 0. The number of methoxy groups -OCH3 is 1. The molecule has 0 saturated heterocycles. The lowest BCUT2D eigenvalue weighted by Gasteiger charge is -2.06. The van der Waals surface area contributed by atoms with Crippen molar-refractivity contribution in [3.05, 3.63) is 72.6 Å². The fourth-order valence-electron chi connectivity index (χ4n) is 2.98. The second kappa shape index (κ2) is 9.40. The first-order valence-corrected chi connectivity index (χ1v) is 10.3. The zero-order valence-electron chi connectivity index (χ0n) is 16.1. The van der Waals surface area contributed by atoms with Gasteiger partial charge in [0.05, 0.1) is 24.7 Å². The molecule has 0 bridgehead atoms. The molecule has 2 aromatic heterocycles. The summed E-state index contributed by atoms with van der Waals surface area (Å²) in [6, 6.07) is 18.1. The molecule has 0 radical (unpaired) electrons. The third-order valence-corrected chi connectivity index (χ3v) is 5.29. The van der Waals surface area contributed by atoms with Gasteiger partial charge in [0, 0.05) is 36.2 Å². The molecule has 0 aliphatic rings. The van der Waals surface area contributed by atoms with Gasteiger partial charge < -0.3 is 10.1 Å². The number of thioether (sulfide) groups is 1. The third-order valence-electron chi connectivity index (χ3n) is 4.39. The number of nitrogens with zero attached hydrogens (tertiary/aromatic N) is 4. The monoisotopic (exact) mass is 406 g/mol. The van der Waals surface area contributed by atoms with Crippen LogP contribution in [0.15, 0.2) is 72.0 Å². The lowest BCUT2D eigenvalue weighted by atomic mass is 10.1. The van der Waals surface area contributed by atoms with Crippen LogP contribution in [0.2, 0.25) is 0 Å². The average Bonchev–Trinajstić information content (AvgIpc) is 3.44. The Morgan fingerprint density at radius 2 is 2.03 bits per heavy atom. The van der Waals surface area contributed by atoms with Crippen LogP contribution in [-0.4, -0.2) is 44.6 Å². The molecule has 0 atom stereocenters. The molecule has 4 aromatic rings. The highest BCUT2D eigenvalue weighted by molar-refractivity contribution is 7.99.